The first-order valence-electron chi connectivity index (χ1n) is 13.6. The topological polar surface area (TPSA) is 71.1 Å². The average molecular weight is 564 g/mol. The van der Waals surface area contributed by atoms with E-state index in [9.17, 15) is 22.8 Å². The number of thiophene rings is 1. The molecule has 2 saturated heterocycles. The van der Waals surface area contributed by atoms with Crippen LogP contribution in [0.3, 0.4) is 0 Å². The largest absolute Gasteiger partial charge is 0.416 e. The van der Waals surface area contributed by atoms with Crippen LogP contribution in [0, 0.1) is 0 Å². The lowest BCUT2D eigenvalue weighted by Crippen LogP contribution is -2.50. The molecule has 2 fully saturated rings. The minimum atomic E-state index is -4.54. The van der Waals surface area contributed by atoms with Crippen LogP contribution in [0.4, 0.5) is 13.2 Å². The van der Waals surface area contributed by atoms with Gasteiger partial charge in [-0.3, -0.25) is 14.5 Å². The van der Waals surface area contributed by atoms with E-state index in [2.05, 4.69) is 21.7 Å². The van der Waals surface area contributed by atoms with E-state index in [1.54, 1.807) is 11.3 Å². The first-order chi connectivity index (χ1) is 18.8. The van der Waals surface area contributed by atoms with E-state index in [0.29, 0.717) is 31.1 Å². The van der Waals surface area contributed by atoms with Gasteiger partial charge in [0.2, 0.25) is 5.91 Å². The Labute approximate surface area is 229 Å². The van der Waals surface area contributed by atoms with Crippen LogP contribution in [-0.4, -0.2) is 79.2 Å². The summed E-state index contributed by atoms with van der Waals surface area (Å²) in [4.78, 5) is 31.2. The van der Waals surface area contributed by atoms with Crippen molar-refractivity contribution < 1.29 is 32.2 Å². The maximum absolute atomic E-state index is 13.2. The Kier molecular flexibility index (Phi) is 7.43. The second-order valence-corrected chi connectivity index (χ2v) is 11.8. The highest BCUT2D eigenvalue weighted by Gasteiger charge is 2.41. The second kappa shape index (κ2) is 10.8. The third kappa shape index (κ3) is 5.59. The van der Waals surface area contributed by atoms with Crippen molar-refractivity contribution in [1.29, 1.82) is 0 Å². The zero-order valence-corrected chi connectivity index (χ0v) is 22.4. The van der Waals surface area contributed by atoms with Gasteiger partial charge in [-0.05, 0) is 66.8 Å². The molecule has 1 aromatic carbocycles. The molecule has 1 aliphatic carbocycles. The molecule has 0 radical (unpaired) electrons. The fourth-order valence-corrected chi connectivity index (χ4v) is 7.32. The van der Waals surface area contributed by atoms with Crippen molar-refractivity contribution in [3.8, 4) is 0 Å². The molecule has 4 heterocycles. The number of nitrogens with one attached hydrogen (secondary N) is 1. The van der Waals surface area contributed by atoms with Crippen molar-refractivity contribution in [2.75, 3.05) is 39.4 Å². The highest BCUT2D eigenvalue weighted by atomic mass is 32.1. The van der Waals surface area contributed by atoms with E-state index >= 15 is 0 Å². The van der Waals surface area contributed by atoms with Crippen LogP contribution in [-0.2, 0) is 33.3 Å². The normalized spacial score (nSPS) is 26.1. The molecule has 0 spiro atoms. The van der Waals surface area contributed by atoms with Crippen LogP contribution >= 0.6 is 11.3 Å². The van der Waals surface area contributed by atoms with Gasteiger partial charge in [0.25, 0.3) is 5.91 Å². The fraction of sp³-hybridized carbons (Fsp3) is 0.571. The molecule has 3 atom stereocenters. The summed E-state index contributed by atoms with van der Waals surface area (Å²) in [6.45, 7) is 2.89. The van der Waals surface area contributed by atoms with Crippen LogP contribution in [0.5, 0.6) is 0 Å². The summed E-state index contributed by atoms with van der Waals surface area (Å²) >= 11 is 1.71. The lowest BCUT2D eigenvalue weighted by molar-refractivity contribution is -0.137. The van der Waals surface area contributed by atoms with Gasteiger partial charge in [0.05, 0.1) is 30.4 Å². The van der Waals surface area contributed by atoms with Gasteiger partial charge >= 0.3 is 6.18 Å². The molecule has 2 amide bonds. The monoisotopic (exact) mass is 563 g/mol. The van der Waals surface area contributed by atoms with Gasteiger partial charge in [-0.25, -0.2) is 0 Å². The maximum Gasteiger partial charge on any atom is 0.416 e. The number of likely N-dealkylation sites (tertiary alicyclic amines) is 1. The Bertz CT molecular complexity index is 1230. The number of ether oxygens (including phenoxy) is 2. The summed E-state index contributed by atoms with van der Waals surface area (Å²) in [5, 5.41) is 5.20. The molecule has 2 unspecified atom stereocenters. The van der Waals surface area contributed by atoms with Crippen molar-refractivity contribution in [2.24, 2.45) is 0 Å². The minimum Gasteiger partial charge on any atom is -0.381 e. The number of fused-ring (bicyclic) bond motifs is 2. The molecular formula is C28H32F3N3O4S. The maximum atomic E-state index is 13.2. The molecule has 1 N–H and O–H groups in total. The molecule has 39 heavy (non-hydrogen) atoms. The lowest BCUT2D eigenvalue weighted by Gasteiger charge is -2.31. The van der Waals surface area contributed by atoms with Crippen molar-refractivity contribution in [1.82, 2.24) is 15.1 Å². The molecule has 4 aliphatic rings. The van der Waals surface area contributed by atoms with E-state index in [1.807, 2.05) is 0 Å². The smallest absolute Gasteiger partial charge is 0.381 e. The predicted octanol–water partition coefficient (Wildman–Crippen LogP) is 3.82. The first kappa shape index (κ1) is 26.7. The highest BCUT2D eigenvalue weighted by Crippen LogP contribution is 2.40. The molecule has 1 aromatic heterocycles. The lowest BCUT2D eigenvalue weighted by atomic mass is 9.96. The number of alkyl halides is 3. The fourth-order valence-electron chi connectivity index (χ4n) is 6.30. The number of hydrogen-bond donors (Lipinski definition) is 1. The van der Waals surface area contributed by atoms with Crippen LogP contribution in [0.15, 0.2) is 29.6 Å². The standard InChI is InChI=1S/C28H32F3N3O4S/c29-28(30,31)19-3-1-17-5-9-33(27(36)21(17)13-19)16-25(35)32-22-14-34(20-6-10-37-11-7-20)15-24(22)38-23-4-2-18-8-12-39-26(18)23/h1,3,8,12-13,20,22-24H,2,4-7,9-11,14-16H2,(H,32,35)/t22?,23?,24-/m0/s1. The molecule has 0 saturated carbocycles. The number of hydrogen-bond acceptors (Lipinski definition) is 6. The molecule has 3 aliphatic heterocycles. The second-order valence-electron chi connectivity index (χ2n) is 10.8. The molecule has 0 bridgehead atoms. The van der Waals surface area contributed by atoms with E-state index < -0.39 is 17.6 Å². The summed E-state index contributed by atoms with van der Waals surface area (Å²) in [6.07, 6.45) is -0.510. The van der Waals surface area contributed by atoms with E-state index in [1.165, 1.54) is 21.4 Å². The van der Waals surface area contributed by atoms with Gasteiger partial charge in [0.15, 0.2) is 0 Å². The molecular weight excluding hydrogens is 531 g/mol. The molecule has 210 valence electrons. The van der Waals surface area contributed by atoms with Gasteiger partial charge in [-0.1, -0.05) is 6.07 Å². The van der Waals surface area contributed by atoms with Crippen molar-refractivity contribution in [2.45, 2.75) is 62.6 Å². The minimum absolute atomic E-state index is 0.0158. The molecule has 11 heteroatoms. The van der Waals surface area contributed by atoms with Gasteiger partial charge < -0.3 is 19.7 Å². The zero-order chi connectivity index (χ0) is 27.1. The summed E-state index contributed by atoms with van der Waals surface area (Å²) in [5.74, 6) is -0.869. The number of halogens is 3. The molecule has 7 nitrogen and oxygen atoms in total. The summed E-state index contributed by atoms with van der Waals surface area (Å²) in [7, 11) is 0. The highest BCUT2D eigenvalue weighted by molar-refractivity contribution is 7.10. The molecule has 2 aromatic rings. The summed E-state index contributed by atoms with van der Waals surface area (Å²) in [5.41, 5.74) is 1.07. The average Bonchev–Trinajstić information content (AvgIpc) is 3.64. The third-order valence-electron chi connectivity index (χ3n) is 8.38. The van der Waals surface area contributed by atoms with E-state index in [0.717, 1.165) is 51.0 Å². The summed E-state index contributed by atoms with van der Waals surface area (Å²) in [6, 6.07) is 5.54. The Balaban J connectivity index is 1.13. The van der Waals surface area contributed by atoms with Crippen molar-refractivity contribution >= 4 is 23.2 Å². The van der Waals surface area contributed by atoms with Gasteiger partial charge in [0, 0.05) is 49.3 Å². The number of rotatable bonds is 6. The number of nitrogens with zero attached hydrogens (tertiary/aromatic N) is 2. The van der Waals surface area contributed by atoms with Gasteiger partial charge in [-0.2, -0.15) is 13.2 Å². The number of amides is 2. The SMILES string of the molecule is O=C(CN1CCc2ccc(C(F)(F)F)cc2C1=O)NC1CN(C2CCOCC2)C[C@@H]1OC1CCc2ccsc21. The number of carbonyl (C=O) groups excluding carboxylic acids is 2. The predicted molar refractivity (Wildman–Crippen MR) is 139 cm³/mol. The van der Waals surface area contributed by atoms with Crippen LogP contribution in [0.2, 0.25) is 0 Å². The molecule has 6 rings (SSSR count). The Morgan fingerprint density at radius 2 is 1.92 bits per heavy atom. The quantitative estimate of drug-likeness (QED) is 0.579. The van der Waals surface area contributed by atoms with Crippen LogP contribution in [0.1, 0.15) is 57.3 Å². The Morgan fingerprint density at radius 3 is 2.72 bits per heavy atom. The number of benzene rings is 1. The van der Waals surface area contributed by atoms with Gasteiger partial charge in [0.1, 0.15) is 0 Å². The Morgan fingerprint density at radius 1 is 1.10 bits per heavy atom. The van der Waals surface area contributed by atoms with Crippen LogP contribution in [0.25, 0.3) is 0 Å². The van der Waals surface area contributed by atoms with E-state index in [-0.39, 0.29) is 42.8 Å². The first-order valence-corrected chi connectivity index (χ1v) is 14.5. The van der Waals surface area contributed by atoms with Crippen molar-refractivity contribution in [3.63, 3.8) is 0 Å². The Hall–Kier alpha value is -2.47. The number of aryl methyl sites for hydroxylation is 1. The van der Waals surface area contributed by atoms with Crippen LogP contribution < -0.4 is 5.32 Å². The van der Waals surface area contributed by atoms with Gasteiger partial charge in [-0.15, -0.1) is 11.3 Å². The van der Waals surface area contributed by atoms with Crippen molar-refractivity contribution in [3.05, 3.63) is 56.8 Å². The van der Waals surface area contributed by atoms with E-state index in [4.69, 9.17) is 9.47 Å². The number of carbonyl (C=O) groups is 2. The third-order valence-corrected chi connectivity index (χ3v) is 9.43. The summed E-state index contributed by atoms with van der Waals surface area (Å²) < 4.78 is 51.8. The zero-order valence-electron chi connectivity index (χ0n) is 21.5.